The monoisotopic (exact) mass is 401 g/mol. The predicted molar refractivity (Wildman–Crippen MR) is 114 cm³/mol. The molecule has 2 heterocycles. The smallest absolute Gasteiger partial charge is 0.318 e. The van der Waals surface area contributed by atoms with Crippen molar-refractivity contribution in [3.8, 4) is 17.3 Å². The molecule has 30 heavy (non-hydrogen) atoms. The number of nitrogens with zero attached hydrogens (tertiary/aromatic N) is 4. The first-order chi connectivity index (χ1) is 14.6. The molecule has 0 radical (unpaired) electrons. The van der Waals surface area contributed by atoms with Crippen molar-refractivity contribution >= 4 is 34.2 Å². The fraction of sp³-hybridized carbons (Fsp3) is 0.143. The third-order valence-electron chi connectivity index (χ3n) is 4.62. The fourth-order valence-electron chi connectivity index (χ4n) is 3.22. The van der Waals surface area contributed by atoms with E-state index in [9.17, 15) is 15.2 Å². The SMILES string of the molecule is CNC(=O)Nc1ccc(-c2cnc3c(NCCO)nc4cc(C#N)ccc4n23)cc1. The molecule has 4 aromatic rings. The maximum absolute atomic E-state index is 11.5. The number of anilines is 2. The summed E-state index contributed by atoms with van der Waals surface area (Å²) in [6.45, 7) is 0.283. The van der Waals surface area contributed by atoms with Crippen molar-refractivity contribution in [1.29, 1.82) is 5.26 Å². The average Bonchev–Trinajstić information content (AvgIpc) is 3.23. The number of aliphatic hydroxyl groups excluding tert-OH is 1. The minimum absolute atomic E-state index is 0.0442. The highest BCUT2D eigenvalue weighted by atomic mass is 16.3. The zero-order valence-corrected chi connectivity index (χ0v) is 16.2. The van der Waals surface area contributed by atoms with E-state index in [0.717, 1.165) is 16.8 Å². The van der Waals surface area contributed by atoms with Gasteiger partial charge >= 0.3 is 6.03 Å². The molecule has 9 nitrogen and oxygen atoms in total. The van der Waals surface area contributed by atoms with Gasteiger partial charge in [0.15, 0.2) is 11.5 Å². The molecule has 4 rings (SSSR count). The van der Waals surface area contributed by atoms with E-state index < -0.39 is 0 Å². The van der Waals surface area contributed by atoms with Crippen molar-refractivity contribution < 1.29 is 9.90 Å². The lowest BCUT2D eigenvalue weighted by atomic mass is 10.1. The molecular weight excluding hydrogens is 382 g/mol. The average molecular weight is 401 g/mol. The quantitative estimate of drug-likeness (QED) is 0.407. The first kappa shape index (κ1) is 19.2. The molecule has 0 unspecified atom stereocenters. The number of rotatable bonds is 5. The van der Waals surface area contributed by atoms with Crippen LogP contribution in [0.3, 0.4) is 0 Å². The lowest BCUT2D eigenvalue weighted by Crippen LogP contribution is -2.24. The van der Waals surface area contributed by atoms with E-state index in [1.807, 2.05) is 34.7 Å². The number of hydrogen-bond acceptors (Lipinski definition) is 6. The van der Waals surface area contributed by atoms with Crippen LogP contribution in [0.2, 0.25) is 0 Å². The summed E-state index contributed by atoms with van der Waals surface area (Å²) in [5.41, 5.74) is 4.97. The number of nitriles is 1. The second-order valence-electron chi connectivity index (χ2n) is 6.51. The van der Waals surface area contributed by atoms with Crippen LogP contribution in [0.25, 0.3) is 27.9 Å². The lowest BCUT2D eigenvalue weighted by molar-refractivity contribution is 0.254. The Morgan fingerprint density at radius 2 is 2.03 bits per heavy atom. The van der Waals surface area contributed by atoms with Crippen molar-refractivity contribution in [2.24, 2.45) is 0 Å². The van der Waals surface area contributed by atoms with E-state index in [1.54, 1.807) is 25.4 Å². The Morgan fingerprint density at radius 3 is 2.73 bits per heavy atom. The molecule has 0 aliphatic carbocycles. The molecule has 2 amide bonds. The molecule has 9 heteroatoms. The van der Waals surface area contributed by atoms with Crippen molar-refractivity contribution in [2.45, 2.75) is 0 Å². The zero-order chi connectivity index (χ0) is 21.1. The van der Waals surface area contributed by atoms with Crippen LogP contribution in [0, 0.1) is 11.3 Å². The third kappa shape index (κ3) is 3.47. The van der Waals surface area contributed by atoms with E-state index in [2.05, 4.69) is 32.0 Å². The number of benzene rings is 2. The van der Waals surface area contributed by atoms with Gasteiger partial charge in [0.2, 0.25) is 0 Å². The highest BCUT2D eigenvalue weighted by Crippen LogP contribution is 2.29. The minimum Gasteiger partial charge on any atom is -0.395 e. The first-order valence-corrected chi connectivity index (χ1v) is 9.30. The Balaban J connectivity index is 1.87. The first-order valence-electron chi connectivity index (χ1n) is 9.30. The molecule has 4 N–H and O–H groups in total. The number of urea groups is 1. The standard InChI is InChI=1S/C21H19N7O2/c1-23-21(30)26-15-5-3-14(4-6-15)18-12-25-20-19(24-8-9-29)27-16-10-13(11-22)2-7-17(16)28(18)20/h2-7,10,12,29H,8-9H2,1H3,(H,24,27)(H2,23,26,30). The molecule has 0 aliphatic heterocycles. The Morgan fingerprint density at radius 1 is 1.23 bits per heavy atom. The number of nitrogens with one attached hydrogen (secondary N) is 3. The fourth-order valence-corrected chi connectivity index (χ4v) is 3.22. The number of carbonyl (C=O) groups excluding carboxylic acids is 1. The highest BCUT2D eigenvalue weighted by Gasteiger charge is 2.15. The summed E-state index contributed by atoms with van der Waals surface area (Å²) in [5.74, 6) is 0.524. The van der Waals surface area contributed by atoms with E-state index in [-0.39, 0.29) is 12.6 Å². The van der Waals surface area contributed by atoms with Crippen molar-refractivity contribution in [1.82, 2.24) is 19.7 Å². The maximum atomic E-state index is 11.5. The normalized spacial score (nSPS) is 10.7. The summed E-state index contributed by atoms with van der Waals surface area (Å²) in [4.78, 5) is 20.6. The van der Waals surface area contributed by atoms with Crippen LogP contribution in [0.4, 0.5) is 16.3 Å². The van der Waals surface area contributed by atoms with Crippen LogP contribution in [0.1, 0.15) is 5.56 Å². The Kier molecular flexibility index (Phi) is 5.15. The summed E-state index contributed by atoms with van der Waals surface area (Å²) in [6.07, 6.45) is 1.75. The molecule has 0 spiro atoms. The summed E-state index contributed by atoms with van der Waals surface area (Å²) in [5, 5.41) is 26.8. The minimum atomic E-state index is -0.289. The van der Waals surface area contributed by atoms with Gasteiger partial charge in [-0.25, -0.2) is 14.8 Å². The number of carbonyl (C=O) groups is 1. The van der Waals surface area contributed by atoms with Crippen LogP contribution in [-0.4, -0.2) is 45.7 Å². The molecular formula is C21H19N7O2. The van der Waals surface area contributed by atoms with Crippen LogP contribution in [-0.2, 0) is 0 Å². The molecule has 0 aliphatic rings. The van der Waals surface area contributed by atoms with Gasteiger partial charge in [0, 0.05) is 24.8 Å². The molecule has 2 aromatic carbocycles. The van der Waals surface area contributed by atoms with Gasteiger partial charge < -0.3 is 21.1 Å². The van der Waals surface area contributed by atoms with Gasteiger partial charge in [-0.3, -0.25) is 4.40 Å². The molecule has 0 saturated heterocycles. The summed E-state index contributed by atoms with van der Waals surface area (Å²) in [7, 11) is 1.56. The number of aliphatic hydroxyl groups is 1. The lowest BCUT2D eigenvalue weighted by Gasteiger charge is -2.11. The molecule has 0 saturated carbocycles. The number of fused-ring (bicyclic) bond motifs is 3. The van der Waals surface area contributed by atoms with E-state index in [0.29, 0.717) is 34.8 Å². The van der Waals surface area contributed by atoms with E-state index >= 15 is 0 Å². The maximum Gasteiger partial charge on any atom is 0.318 e. The zero-order valence-electron chi connectivity index (χ0n) is 16.2. The molecule has 2 aromatic heterocycles. The van der Waals surface area contributed by atoms with Crippen molar-refractivity contribution in [3.05, 3.63) is 54.2 Å². The van der Waals surface area contributed by atoms with Crippen LogP contribution >= 0.6 is 0 Å². The van der Waals surface area contributed by atoms with Gasteiger partial charge in [-0.1, -0.05) is 12.1 Å². The van der Waals surface area contributed by atoms with Crippen LogP contribution in [0.5, 0.6) is 0 Å². The van der Waals surface area contributed by atoms with Gasteiger partial charge in [0.05, 0.1) is 41.2 Å². The number of imidazole rings is 1. The third-order valence-corrected chi connectivity index (χ3v) is 4.62. The van der Waals surface area contributed by atoms with E-state index in [1.165, 1.54) is 0 Å². The Bertz CT molecular complexity index is 1270. The van der Waals surface area contributed by atoms with Crippen molar-refractivity contribution in [2.75, 3.05) is 30.8 Å². The summed E-state index contributed by atoms with van der Waals surface area (Å²) < 4.78 is 1.96. The molecule has 0 atom stereocenters. The molecule has 0 bridgehead atoms. The molecule has 0 fully saturated rings. The predicted octanol–water partition coefficient (Wildman–Crippen LogP) is 2.58. The van der Waals surface area contributed by atoms with E-state index in [4.69, 9.17) is 0 Å². The van der Waals surface area contributed by atoms with Crippen molar-refractivity contribution in [3.63, 3.8) is 0 Å². The van der Waals surface area contributed by atoms with Crippen LogP contribution in [0.15, 0.2) is 48.7 Å². The van der Waals surface area contributed by atoms with Gasteiger partial charge in [-0.05, 0) is 30.3 Å². The van der Waals surface area contributed by atoms with Crippen LogP contribution < -0.4 is 16.0 Å². The highest BCUT2D eigenvalue weighted by molar-refractivity contribution is 5.90. The second kappa shape index (κ2) is 8.06. The number of amides is 2. The Hall–Kier alpha value is -4.16. The molecule has 150 valence electrons. The van der Waals surface area contributed by atoms with Gasteiger partial charge in [-0.2, -0.15) is 5.26 Å². The second-order valence-corrected chi connectivity index (χ2v) is 6.51. The van der Waals surface area contributed by atoms with Gasteiger partial charge in [0.1, 0.15) is 0 Å². The summed E-state index contributed by atoms with van der Waals surface area (Å²) >= 11 is 0. The van der Waals surface area contributed by atoms with Gasteiger partial charge in [0.25, 0.3) is 0 Å². The Labute approximate surface area is 172 Å². The largest absolute Gasteiger partial charge is 0.395 e. The topological polar surface area (TPSA) is 127 Å². The summed E-state index contributed by atoms with van der Waals surface area (Å²) in [6, 6.07) is 14.6. The van der Waals surface area contributed by atoms with Gasteiger partial charge in [-0.15, -0.1) is 0 Å². The number of aromatic nitrogens is 3. The number of hydrogen-bond donors (Lipinski definition) is 4.